The zero-order chi connectivity index (χ0) is 25.1. The Hall–Kier alpha value is -0.520. The molecular weight excluding hydrogens is 420 g/mol. The molecular formula is C35H64. The van der Waals surface area contributed by atoms with Gasteiger partial charge in [0.2, 0.25) is 0 Å². The van der Waals surface area contributed by atoms with Crippen LogP contribution in [0.4, 0.5) is 0 Å². The van der Waals surface area contributed by atoms with Gasteiger partial charge in [0.05, 0.1) is 0 Å². The highest BCUT2D eigenvalue weighted by atomic mass is 14.6. The molecule has 4 rings (SSSR count). The van der Waals surface area contributed by atoms with Crippen LogP contribution in [0.25, 0.3) is 0 Å². The fourth-order valence-electron chi connectivity index (χ4n) is 8.81. The predicted octanol–water partition coefficient (Wildman–Crippen LogP) is 11.5. The van der Waals surface area contributed by atoms with Gasteiger partial charge in [-0.2, -0.15) is 0 Å². The highest BCUT2D eigenvalue weighted by Gasteiger charge is 2.58. The van der Waals surface area contributed by atoms with Crippen molar-refractivity contribution in [3.63, 3.8) is 0 Å². The van der Waals surface area contributed by atoms with E-state index in [-0.39, 0.29) is 7.43 Å². The summed E-state index contributed by atoms with van der Waals surface area (Å²) in [4.78, 5) is 0. The van der Waals surface area contributed by atoms with E-state index in [1.54, 1.807) is 0 Å². The van der Waals surface area contributed by atoms with E-state index >= 15 is 0 Å². The van der Waals surface area contributed by atoms with E-state index in [0.717, 1.165) is 41.4 Å². The average Bonchev–Trinajstić information content (AvgIpc) is 3.16. The molecule has 0 aromatic heterocycles. The summed E-state index contributed by atoms with van der Waals surface area (Å²) in [6, 6.07) is 0. The monoisotopic (exact) mass is 485 g/mol. The lowest BCUT2D eigenvalue weighted by molar-refractivity contribution is -0.0486. The first-order chi connectivity index (χ1) is 16.1. The van der Waals surface area contributed by atoms with Crippen molar-refractivity contribution in [3.8, 4) is 0 Å². The van der Waals surface area contributed by atoms with Gasteiger partial charge in [-0.15, -0.1) is 0 Å². The van der Waals surface area contributed by atoms with E-state index in [1.165, 1.54) is 70.6 Å². The standard InChI is InChI=1S/C29H48.C5H12.CH4/c1-19(2)21(4)8-9-22(5)25-12-13-26-24-11-10-23-18-20(3)14-16-28(23,6)27(24)15-17-29(25,26)7;1-3-5-4-2;/h8-10,19-22,24-27H,11-18H2,1-7H3;3-5H2,1-2H3;1H4/b9-8+;;. The molecule has 0 amide bonds. The Bertz CT molecular complexity index is 695. The lowest BCUT2D eigenvalue weighted by atomic mass is 9.46. The summed E-state index contributed by atoms with van der Waals surface area (Å²) < 4.78 is 0. The van der Waals surface area contributed by atoms with Crippen molar-refractivity contribution < 1.29 is 0 Å². The highest BCUT2D eigenvalue weighted by molar-refractivity contribution is 5.25. The van der Waals surface area contributed by atoms with Crippen LogP contribution in [0, 0.1) is 58.2 Å². The quantitative estimate of drug-likeness (QED) is 0.329. The van der Waals surface area contributed by atoms with Crippen LogP contribution in [0.1, 0.15) is 140 Å². The highest BCUT2D eigenvalue weighted by Crippen LogP contribution is 2.67. The minimum absolute atomic E-state index is 0. The zero-order valence-electron chi connectivity index (χ0n) is 24.6. The van der Waals surface area contributed by atoms with Crippen LogP contribution in [0.15, 0.2) is 23.8 Å². The Morgan fingerprint density at radius 3 is 2.20 bits per heavy atom. The first-order valence-electron chi connectivity index (χ1n) is 15.5. The largest absolute Gasteiger partial charge is 0.0852 e. The van der Waals surface area contributed by atoms with Crippen molar-refractivity contribution in [1.82, 2.24) is 0 Å². The van der Waals surface area contributed by atoms with Crippen molar-refractivity contribution in [2.75, 3.05) is 0 Å². The summed E-state index contributed by atoms with van der Waals surface area (Å²) in [6.07, 6.45) is 23.6. The van der Waals surface area contributed by atoms with Crippen molar-refractivity contribution in [3.05, 3.63) is 23.8 Å². The molecule has 9 atom stereocenters. The molecule has 4 aliphatic carbocycles. The third-order valence-corrected chi connectivity index (χ3v) is 11.5. The van der Waals surface area contributed by atoms with Gasteiger partial charge in [-0.1, -0.05) is 113 Å². The van der Waals surface area contributed by atoms with Gasteiger partial charge < -0.3 is 0 Å². The first kappa shape index (κ1) is 30.7. The summed E-state index contributed by atoms with van der Waals surface area (Å²) in [5.74, 6) is 6.91. The second kappa shape index (κ2) is 12.8. The van der Waals surface area contributed by atoms with Crippen LogP contribution in [0.3, 0.4) is 0 Å². The van der Waals surface area contributed by atoms with E-state index in [0.29, 0.717) is 16.7 Å². The molecule has 4 aliphatic rings. The van der Waals surface area contributed by atoms with Gasteiger partial charge in [0.25, 0.3) is 0 Å². The number of unbranched alkanes of at least 4 members (excludes halogenated alkanes) is 2. The lowest BCUT2D eigenvalue weighted by Gasteiger charge is -2.58. The number of fused-ring (bicyclic) bond motifs is 5. The molecule has 0 heteroatoms. The Balaban J connectivity index is 0.000000656. The average molecular weight is 485 g/mol. The van der Waals surface area contributed by atoms with Gasteiger partial charge in [-0.3, -0.25) is 0 Å². The summed E-state index contributed by atoms with van der Waals surface area (Å²) in [5.41, 5.74) is 2.97. The fourth-order valence-corrected chi connectivity index (χ4v) is 8.81. The molecule has 0 saturated heterocycles. The van der Waals surface area contributed by atoms with Crippen molar-refractivity contribution in [2.24, 2.45) is 58.2 Å². The first-order valence-corrected chi connectivity index (χ1v) is 15.5. The molecule has 0 radical (unpaired) electrons. The Labute approximate surface area is 222 Å². The van der Waals surface area contributed by atoms with Crippen molar-refractivity contribution >= 4 is 0 Å². The van der Waals surface area contributed by atoms with Gasteiger partial charge >= 0.3 is 0 Å². The van der Waals surface area contributed by atoms with Crippen molar-refractivity contribution in [1.29, 1.82) is 0 Å². The molecule has 0 nitrogen and oxygen atoms in total. The molecule has 204 valence electrons. The van der Waals surface area contributed by atoms with Crippen LogP contribution >= 0.6 is 0 Å². The normalized spacial score (nSPS) is 39.9. The van der Waals surface area contributed by atoms with Crippen LogP contribution in [0.2, 0.25) is 0 Å². The molecule has 35 heavy (non-hydrogen) atoms. The Kier molecular flexibility index (Phi) is 11.2. The van der Waals surface area contributed by atoms with Gasteiger partial charge in [0.1, 0.15) is 0 Å². The number of allylic oxidation sites excluding steroid dienone is 4. The lowest BCUT2D eigenvalue weighted by Crippen LogP contribution is -2.50. The summed E-state index contributed by atoms with van der Waals surface area (Å²) in [6.45, 7) is 21.9. The van der Waals surface area contributed by atoms with E-state index in [4.69, 9.17) is 0 Å². The number of hydrogen-bond acceptors (Lipinski definition) is 0. The molecule has 0 spiro atoms. The predicted molar refractivity (Wildman–Crippen MR) is 159 cm³/mol. The third-order valence-electron chi connectivity index (χ3n) is 11.5. The summed E-state index contributed by atoms with van der Waals surface area (Å²) in [7, 11) is 0. The molecule has 0 aliphatic heterocycles. The minimum Gasteiger partial charge on any atom is -0.0852 e. The van der Waals surface area contributed by atoms with Gasteiger partial charge in [-0.05, 0) is 110 Å². The van der Waals surface area contributed by atoms with E-state index in [1.807, 2.05) is 5.57 Å². The molecule has 0 bridgehead atoms. The van der Waals surface area contributed by atoms with Crippen LogP contribution in [-0.2, 0) is 0 Å². The summed E-state index contributed by atoms with van der Waals surface area (Å²) >= 11 is 0. The molecule has 0 aromatic carbocycles. The van der Waals surface area contributed by atoms with Crippen LogP contribution in [-0.4, -0.2) is 0 Å². The topological polar surface area (TPSA) is 0 Å². The van der Waals surface area contributed by atoms with E-state index < -0.39 is 0 Å². The second-order valence-corrected chi connectivity index (χ2v) is 14.0. The van der Waals surface area contributed by atoms with Crippen LogP contribution in [0.5, 0.6) is 0 Å². The van der Waals surface area contributed by atoms with Gasteiger partial charge in [0, 0.05) is 0 Å². The van der Waals surface area contributed by atoms with E-state index in [9.17, 15) is 0 Å². The molecule has 0 aromatic rings. The Morgan fingerprint density at radius 2 is 1.60 bits per heavy atom. The molecule has 9 unspecified atom stereocenters. The molecule has 0 N–H and O–H groups in total. The molecule has 3 saturated carbocycles. The van der Waals surface area contributed by atoms with Gasteiger partial charge in [-0.25, -0.2) is 0 Å². The van der Waals surface area contributed by atoms with E-state index in [2.05, 4.69) is 80.5 Å². The third kappa shape index (κ3) is 6.32. The minimum atomic E-state index is 0. The smallest absolute Gasteiger partial charge is 0.00851 e. The van der Waals surface area contributed by atoms with Crippen molar-refractivity contribution in [2.45, 2.75) is 140 Å². The summed E-state index contributed by atoms with van der Waals surface area (Å²) in [5, 5.41) is 0. The molecule has 3 fully saturated rings. The zero-order valence-corrected chi connectivity index (χ0v) is 24.6. The SMILES string of the molecule is C.CC1CCC2(C)C(=CCC3C2CCC2(C)C(C(C)/C=C/C(C)C(C)C)CCC32)C1.CCCCC. The number of hydrogen-bond donors (Lipinski definition) is 0. The van der Waals surface area contributed by atoms with Crippen LogP contribution < -0.4 is 0 Å². The Morgan fingerprint density at radius 1 is 0.914 bits per heavy atom. The fraction of sp³-hybridized carbons (Fsp3) is 0.886. The maximum atomic E-state index is 2.74. The maximum absolute atomic E-state index is 2.74. The maximum Gasteiger partial charge on any atom is -0.00851 e. The molecule has 0 heterocycles. The number of rotatable bonds is 6. The van der Waals surface area contributed by atoms with Gasteiger partial charge in [0.15, 0.2) is 0 Å². The second-order valence-electron chi connectivity index (χ2n) is 14.0.